The van der Waals surface area contributed by atoms with E-state index in [9.17, 15) is 0 Å². The summed E-state index contributed by atoms with van der Waals surface area (Å²) in [5.74, 6) is 0.621. The van der Waals surface area contributed by atoms with Gasteiger partial charge in [0, 0.05) is 12.3 Å². The fourth-order valence-corrected chi connectivity index (χ4v) is 2.52. The zero-order chi connectivity index (χ0) is 16.1. The van der Waals surface area contributed by atoms with Crippen molar-refractivity contribution in [3.63, 3.8) is 0 Å². The molecule has 1 aromatic heterocycles. The summed E-state index contributed by atoms with van der Waals surface area (Å²) in [4.78, 5) is 4.40. The molecule has 0 spiro atoms. The molecule has 0 saturated heterocycles. The molecule has 0 aliphatic heterocycles. The molecule has 3 aromatic rings. The predicted octanol–water partition coefficient (Wildman–Crippen LogP) is 4.02. The minimum atomic E-state index is -0.174. The maximum atomic E-state index is 6.35. The Morgan fingerprint density at radius 1 is 1.00 bits per heavy atom. The Balaban J connectivity index is 1.73. The number of ether oxygens (including phenoxy) is 1. The second-order valence-corrected chi connectivity index (χ2v) is 5.54. The zero-order valence-corrected chi connectivity index (χ0v) is 13.1. The van der Waals surface area contributed by atoms with Crippen molar-refractivity contribution in [1.29, 1.82) is 0 Å². The highest BCUT2D eigenvalue weighted by molar-refractivity contribution is 5.37. The van der Waals surface area contributed by atoms with Crippen molar-refractivity contribution in [3.05, 3.63) is 95.2 Å². The third-order valence-corrected chi connectivity index (χ3v) is 3.85. The summed E-state index contributed by atoms with van der Waals surface area (Å²) in [6, 6.07) is 21.9. The van der Waals surface area contributed by atoms with Crippen LogP contribution < -0.4 is 10.5 Å². The Labute approximate surface area is 136 Å². The average Bonchev–Trinajstić information content (AvgIpc) is 2.61. The molecule has 23 heavy (non-hydrogen) atoms. The molecule has 0 aliphatic carbocycles. The molecule has 116 valence electrons. The van der Waals surface area contributed by atoms with Gasteiger partial charge in [-0.3, -0.25) is 0 Å². The minimum absolute atomic E-state index is 0.174. The molecule has 0 aliphatic rings. The molecule has 1 heterocycles. The molecule has 0 saturated carbocycles. The topological polar surface area (TPSA) is 48.1 Å². The van der Waals surface area contributed by atoms with Gasteiger partial charge in [0.1, 0.15) is 6.61 Å². The van der Waals surface area contributed by atoms with Crippen molar-refractivity contribution in [2.24, 2.45) is 5.73 Å². The first-order valence-electron chi connectivity index (χ1n) is 7.68. The van der Waals surface area contributed by atoms with Gasteiger partial charge >= 0.3 is 0 Å². The van der Waals surface area contributed by atoms with Crippen LogP contribution in [0.4, 0.5) is 0 Å². The highest BCUT2D eigenvalue weighted by Gasteiger charge is 2.12. The van der Waals surface area contributed by atoms with E-state index in [0.29, 0.717) is 12.5 Å². The van der Waals surface area contributed by atoms with E-state index >= 15 is 0 Å². The van der Waals surface area contributed by atoms with Crippen LogP contribution in [0.1, 0.15) is 28.3 Å². The molecule has 0 amide bonds. The van der Waals surface area contributed by atoms with Crippen LogP contribution in [0, 0.1) is 6.92 Å². The van der Waals surface area contributed by atoms with Gasteiger partial charge in [-0.15, -0.1) is 0 Å². The van der Waals surface area contributed by atoms with Crippen LogP contribution in [0.15, 0.2) is 72.9 Å². The highest BCUT2D eigenvalue weighted by Crippen LogP contribution is 2.24. The van der Waals surface area contributed by atoms with E-state index < -0.39 is 0 Å². The molecule has 0 radical (unpaired) electrons. The fourth-order valence-electron chi connectivity index (χ4n) is 2.52. The van der Waals surface area contributed by atoms with Crippen molar-refractivity contribution in [3.8, 4) is 5.88 Å². The van der Waals surface area contributed by atoms with Gasteiger partial charge in [0.2, 0.25) is 5.88 Å². The molecule has 3 heteroatoms. The monoisotopic (exact) mass is 304 g/mol. The lowest BCUT2D eigenvalue weighted by atomic mass is 9.98. The van der Waals surface area contributed by atoms with Crippen molar-refractivity contribution in [2.45, 2.75) is 19.6 Å². The van der Waals surface area contributed by atoms with Crippen molar-refractivity contribution in [1.82, 2.24) is 4.98 Å². The van der Waals surface area contributed by atoms with Crippen LogP contribution in [0.5, 0.6) is 5.88 Å². The molecular formula is C20H20N2O. The first kappa shape index (κ1) is 15.3. The summed E-state index contributed by atoms with van der Waals surface area (Å²) in [5, 5.41) is 0. The van der Waals surface area contributed by atoms with Crippen molar-refractivity contribution in [2.75, 3.05) is 0 Å². The summed E-state index contributed by atoms with van der Waals surface area (Å²) in [7, 11) is 0. The number of aromatic nitrogens is 1. The summed E-state index contributed by atoms with van der Waals surface area (Å²) in [6.45, 7) is 2.55. The quantitative estimate of drug-likeness (QED) is 0.774. The van der Waals surface area contributed by atoms with E-state index in [1.165, 1.54) is 0 Å². The van der Waals surface area contributed by atoms with Gasteiger partial charge in [0.05, 0.1) is 6.04 Å². The third-order valence-electron chi connectivity index (χ3n) is 3.85. The van der Waals surface area contributed by atoms with E-state index in [4.69, 9.17) is 10.5 Å². The lowest BCUT2D eigenvalue weighted by Gasteiger charge is -2.15. The molecule has 3 nitrogen and oxygen atoms in total. The average molecular weight is 304 g/mol. The second-order valence-electron chi connectivity index (χ2n) is 5.54. The van der Waals surface area contributed by atoms with Gasteiger partial charge in [-0.05, 0) is 29.2 Å². The SMILES string of the molecule is Cc1cc(OCc2ccccc2)ncc1[C@H](N)c1ccccc1. The third kappa shape index (κ3) is 3.76. The number of hydrogen-bond donors (Lipinski definition) is 1. The first-order valence-corrected chi connectivity index (χ1v) is 7.68. The van der Waals surface area contributed by atoms with Crippen LogP contribution in [0.3, 0.4) is 0 Å². The van der Waals surface area contributed by atoms with Crippen LogP contribution in [0.2, 0.25) is 0 Å². The summed E-state index contributed by atoms with van der Waals surface area (Å²) >= 11 is 0. The molecule has 2 aromatic carbocycles. The van der Waals surface area contributed by atoms with E-state index in [0.717, 1.165) is 22.3 Å². The number of nitrogens with two attached hydrogens (primary N) is 1. The van der Waals surface area contributed by atoms with Gasteiger partial charge in [-0.1, -0.05) is 60.7 Å². The number of aryl methyl sites for hydroxylation is 1. The van der Waals surface area contributed by atoms with Gasteiger partial charge in [-0.2, -0.15) is 0 Å². The molecule has 0 fully saturated rings. The smallest absolute Gasteiger partial charge is 0.213 e. The van der Waals surface area contributed by atoms with Crippen molar-refractivity contribution < 1.29 is 4.74 Å². The number of benzene rings is 2. The van der Waals surface area contributed by atoms with Crippen LogP contribution in [-0.4, -0.2) is 4.98 Å². The molecule has 0 bridgehead atoms. The molecule has 0 unspecified atom stereocenters. The maximum absolute atomic E-state index is 6.35. The molecule has 1 atom stereocenters. The Kier molecular flexibility index (Phi) is 4.69. The number of nitrogens with zero attached hydrogens (tertiary/aromatic N) is 1. The Bertz CT molecular complexity index is 757. The second kappa shape index (κ2) is 7.07. The van der Waals surface area contributed by atoms with Crippen molar-refractivity contribution >= 4 is 0 Å². The summed E-state index contributed by atoms with van der Waals surface area (Å²) < 4.78 is 5.76. The number of pyridine rings is 1. The number of rotatable bonds is 5. The number of hydrogen-bond acceptors (Lipinski definition) is 3. The minimum Gasteiger partial charge on any atom is -0.473 e. The lowest BCUT2D eigenvalue weighted by Crippen LogP contribution is -2.13. The van der Waals surface area contributed by atoms with Gasteiger partial charge in [-0.25, -0.2) is 4.98 Å². The van der Waals surface area contributed by atoms with Gasteiger partial charge in [0.25, 0.3) is 0 Å². The van der Waals surface area contributed by atoms with E-state index in [-0.39, 0.29) is 6.04 Å². The standard InChI is InChI=1S/C20H20N2O/c1-15-12-19(23-14-16-8-4-2-5-9-16)22-13-18(15)20(21)17-10-6-3-7-11-17/h2-13,20H,14,21H2,1H3/t20-/m1/s1. The zero-order valence-electron chi connectivity index (χ0n) is 13.1. The van der Waals surface area contributed by atoms with Gasteiger partial charge < -0.3 is 10.5 Å². The highest BCUT2D eigenvalue weighted by atomic mass is 16.5. The van der Waals surface area contributed by atoms with Crippen LogP contribution >= 0.6 is 0 Å². The Morgan fingerprint density at radius 2 is 1.65 bits per heavy atom. The van der Waals surface area contributed by atoms with E-state index in [1.807, 2.05) is 79.9 Å². The first-order chi connectivity index (χ1) is 11.2. The normalized spacial score (nSPS) is 11.9. The molecule has 3 rings (SSSR count). The van der Waals surface area contributed by atoms with Crippen LogP contribution in [-0.2, 0) is 6.61 Å². The summed E-state index contributed by atoms with van der Waals surface area (Å²) in [6.07, 6.45) is 1.81. The van der Waals surface area contributed by atoms with Crippen LogP contribution in [0.25, 0.3) is 0 Å². The fraction of sp³-hybridized carbons (Fsp3) is 0.150. The lowest BCUT2D eigenvalue weighted by molar-refractivity contribution is 0.293. The Morgan fingerprint density at radius 3 is 2.30 bits per heavy atom. The largest absolute Gasteiger partial charge is 0.473 e. The molecule has 2 N–H and O–H groups in total. The van der Waals surface area contributed by atoms with E-state index in [2.05, 4.69) is 4.98 Å². The van der Waals surface area contributed by atoms with E-state index in [1.54, 1.807) is 0 Å². The predicted molar refractivity (Wildman–Crippen MR) is 92.2 cm³/mol. The Hall–Kier alpha value is -2.65. The maximum Gasteiger partial charge on any atom is 0.213 e. The summed E-state index contributed by atoms with van der Waals surface area (Å²) in [5.41, 5.74) is 10.7. The molecular weight excluding hydrogens is 284 g/mol. The van der Waals surface area contributed by atoms with Gasteiger partial charge in [0.15, 0.2) is 0 Å².